The van der Waals surface area contributed by atoms with Crippen LogP contribution in [0.15, 0.2) is 34.4 Å². The topological polar surface area (TPSA) is 0 Å². The van der Waals surface area contributed by atoms with Crippen LogP contribution in [0.2, 0.25) is 13.1 Å². The number of rotatable bonds is 0. The summed E-state index contributed by atoms with van der Waals surface area (Å²) in [6.45, 7) is 10.5. The summed E-state index contributed by atoms with van der Waals surface area (Å²) in [4.78, 5) is 0. The van der Waals surface area contributed by atoms with E-state index in [4.69, 9.17) is 22.2 Å². The summed E-state index contributed by atoms with van der Waals surface area (Å²) in [7, 11) is 0. The van der Waals surface area contributed by atoms with E-state index in [1.807, 2.05) is 13.1 Å². The van der Waals surface area contributed by atoms with Crippen LogP contribution < -0.4 is 0 Å². The van der Waals surface area contributed by atoms with Crippen LogP contribution >= 0.6 is 22.2 Å². The van der Waals surface area contributed by atoms with E-state index in [0.717, 1.165) is 12.8 Å². The van der Waals surface area contributed by atoms with Crippen LogP contribution in [0.25, 0.3) is 0 Å². The van der Waals surface area contributed by atoms with E-state index >= 15 is 0 Å². The van der Waals surface area contributed by atoms with Crippen molar-refractivity contribution in [1.29, 1.82) is 0 Å². The molecule has 0 spiro atoms. The van der Waals surface area contributed by atoms with E-state index in [-0.39, 0.29) is 25.8 Å². The molecule has 0 aliphatic heterocycles. The minimum atomic E-state index is -1.67. The van der Waals surface area contributed by atoms with Crippen LogP contribution in [0.5, 0.6) is 0 Å². The predicted molar refractivity (Wildman–Crippen MR) is 90.8 cm³/mol. The maximum absolute atomic E-state index is 5.43. The number of hydrogen-bond acceptors (Lipinski definition) is 0. The molecule has 0 nitrogen and oxygen atoms in total. The Kier molecular flexibility index (Phi) is 12.9. The van der Waals surface area contributed by atoms with Crippen molar-refractivity contribution in [2.24, 2.45) is 0 Å². The van der Waals surface area contributed by atoms with E-state index in [1.165, 1.54) is 22.3 Å². The Labute approximate surface area is 154 Å². The van der Waals surface area contributed by atoms with E-state index in [1.54, 1.807) is 0 Å². The van der Waals surface area contributed by atoms with Crippen molar-refractivity contribution in [1.82, 2.24) is 0 Å². The van der Waals surface area contributed by atoms with Crippen LogP contribution in [-0.4, -0.2) is 6.69 Å². The quantitative estimate of drug-likeness (QED) is 0.210. The maximum atomic E-state index is 5.43. The fourth-order valence-corrected chi connectivity index (χ4v) is 1.50. The van der Waals surface area contributed by atoms with Gasteiger partial charge in [0, 0.05) is 25.8 Å². The Hall–Kier alpha value is 0.627. The molecule has 0 aromatic rings. The van der Waals surface area contributed by atoms with Gasteiger partial charge in [-0.15, -0.1) is 35.0 Å². The first kappa shape index (κ1) is 22.9. The molecule has 0 aromatic carbocycles. The summed E-state index contributed by atoms with van der Waals surface area (Å²) in [6, 6.07) is 0. The van der Waals surface area contributed by atoms with Crippen molar-refractivity contribution in [3.8, 4) is 0 Å². The van der Waals surface area contributed by atoms with E-state index in [9.17, 15) is 0 Å². The van der Waals surface area contributed by atoms with Gasteiger partial charge in [-0.3, -0.25) is 12.2 Å². The van der Waals surface area contributed by atoms with Crippen LogP contribution in [-0.2, 0) is 25.8 Å². The van der Waals surface area contributed by atoms with Gasteiger partial charge in [-0.1, -0.05) is 27.7 Å². The normalized spacial score (nSPS) is 16.4. The second-order valence-electron chi connectivity index (χ2n) is 5.38. The molecule has 112 valence electrons. The molecule has 0 radical (unpaired) electrons. The molecule has 0 unspecified atom stereocenters. The fourth-order valence-electron chi connectivity index (χ4n) is 1.50. The predicted octanol–water partition coefficient (Wildman–Crippen LogP) is 6.34. The van der Waals surface area contributed by atoms with Crippen molar-refractivity contribution in [2.75, 3.05) is 0 Å². The van der Waals surface area contributed by atoms with E-state index in [2.05, 4.69) is 52.0 Å². The first-order valence-corrected chi connectivity index (χ1v) is 11.5. The molecule has 2 aliphatic rings. The number of hydrogen-bond donors (Lipinski definition) is 0. The smallest absolute Gasteiger partial charge is 0.245 e. The largest absolute Gasteiger partial charge is 0.270 e. The summed E-state index contributed by atoms with van der Waals surface area (Å²) < 4.78 is 0. The molecule has 0 N–H and O–H groups in total. The maximum Gasteiger partial charge on any atom is 0.245 e. The van der Waals surface area contributed by atoms with Crippen molar-refractivity contribution < 1.29 is 25.8 Å². The molecule has 0 atom stereocenters. The second kappa shape index (κ2) is 11.2. The zero-order valence-electron chi connectivity index (χ0n) is 13.3. The average Bonchev–Trinajstić information content (AvgIpc) is 2.74. The molecule has 0 fully saturated rings. The Balaban J connectivity index is 0. The average molecular weight is 494 g/mol. The minimum Gasteiger partial charge on any atom is -0.270 e. The van der Waals surface area contributed by atoms with Crippen LogP contribution in [0.4, 0.5) is 0 Å². The monoisotopic (exact) mass is 494 g/mol. The zero-order valence-corrected chi connectivity index (χ0v) is 19.4. The van der Waals surface area contributed by atoms with Crippen molar-refractivity contribution in [3.63, 3.8) is 0 Å². The van der Waals surface area contributed by atoms with Gasteiger partial charge in [-0.05, 0) is 13.1 Å². The molecular formula is C16H24Cl2HfSi-2. The summed E-state index contributed by atoms with van der Waals surface area (Å²) in [6.07, 6.45) is 12.8. The van der Waals surface area contributed by atoms with Crippen LogP contribution in [0, 0.1) is 12.2 Å². The first-order chi connectivity index (χ1) is 8.58. The van der Waals surface area contributed by atoms with E-state index in [0.29, 0.717) is 0 Å². The zero-order chi connectivity index (χ0) is 15.1. The van der Waals surface area contributed by atoms with Gasteiger partial charge >= 0.3 is 0 Å². The molecule has 4 heteroatoms. The van der Waals surface area contributed by atoms with Gasteiger partial charge in [-0.2, -0.15) is 11.1 Å². The Morgan fingerprint density at radius 3 is 1.15 bits per heavy atom. The minimum absolute atomic E-state index is 0. The van der Waals surface area contributed by atoms with Gasteiger partial charge in [0.05, 0.1) is 0 Å². The van der Waals surface area contributed by atoms with Gasteiger partial charge in [0.25, 0.3) is 0 Å². The molecule has 2 rings (SSSR count). The summed E-state index contributed by atoms with van der Waals surface area (Å²) >= 11 is 10.9. The Morgan fingerprint density at radius 2 is 1.10 bits per heavy atom. The number of allylic oxidation sites excluding steroid dienone is 8. The summed E-state index contributed by atoms with van der Waals surface area (Å²) in [5.41, 5.74) is 5.44. The van der Waals surface area contributed by atoms with Gasteiger partial charge < -0.3 is 0 Å². The third-order valence-corrected chi connectivity index (χ3v) is 2.22. The van der Waals surface area contributed by atoms with Crippen molar-refractivity contribution >= 4 is 28.9 Å². The molecule has 0 bridgehead atoms. The van der Waals surface area contributed by atoms with Crippen LogP contribution in [0.1, 0.15) is 40.5 Å². The second-order valence-corrected chi connectivity index (χ2v) is 14.3. The molecular weight excluding hydrogens is 470 g/mol. The Bertz CT molecular complexity index is 373. The Morgan fingerprint density at radius 1 is 0.850 bits per heavy atom. The third kappa shape index (κ3) is 16.7. The molecule has 0 saturated carbocycles. The molecule has 0 saturated heterocycles. The molecule has 0 heterocycles. The molecule has 2 aliphatic carbocycles. The standard InChI is InChI=1S/2C7H9.C2H6Cl2Si.Hf/c2*1-6-3-4-7(2)5-6;1-5(2,3)4;/h2*5H,3H2,1-2H3;1-2H3;/q2*-1;;. The first-order valence-electron chi connectivity index (χ1n) is 6.45. The SMILES string of the molecule is CC1=[C-]CC(C)=C1.CC1=[C-]CC(C)=C1.C[Si](C)(Cl)Cl.[Hf]. The molecule has 0 aromatic heterocycles. The van der Waals surface area contributed by atoms with Crippen LogP contribution in [0.3, 0.4) is 0 Å². The van der Waals surface area contributed by atoms with Crippen molar-refractivity contribution in [3.05, 3.63) is 46.6 Å². The number of halogens is 2. The summed E-state index contributed by atoms with van der Waals surface area (Å²) in [5.74, 6) is 0. The molecule has 0 amide bonds. The molecule has 20 heavy (non-hydrogen) atoms. The fraction of sp³-hybridized carbons (Fsp3) is 0.500. The van der Waals surface area contributed by atoms with Gasteiger partial charge in [-0.25, -0.2) is 23.3 Å². The summed E-state index contributed by atoms with van der Waals surface area (Å²) in [5, 5.41) is 0. The third-order valence-electron chi connectivity index (χ3n) is 2.22. The van der Waals surface area contributed by atoms with Gasteiger partial charge in [0.2, 0.25) is 6.69 Å². The van der Waals surface area contributed by atoms with Gasteiger partial charge in [0.15, 0.2) is 0 Å². The van der Waals surface area contributed by atoms with Crippen molar-refractivity contribution in [2.45, 2.75) is 53.6 Å². The van der Waals surface area contributed by atoms with Gasteiger partial charge in [0.1, 0.15) is 0 Å². The van der Waals surface area contributed by atoms with E-state index < -0.39 is 6.69 Å².